The van der Waals surface area contributed by atoms with Gasteiger partial charge in [-0.3, -0.25) is 14.4 Å². The number of hydrogen-bond acceptors (Lipinski definition) is 6. The van der Waals surface area contributed by atoms with Gasteiger partial charge in [0.2, 0.25) is 5.91 Å². The van der Waals surface area contributed by atoms with Crippen LogP contribution in [0.2, 0.25) is 5.02 Å². The van der Waals surface area contributed by atoms with Gasteiger partial charge in [0.25, 0.3) is 5.91 Å². The van der Waals surface area contributed by atoms with Crippen LogP contribution in [0.5, 0.6) is 5.75 Å². The summed E-state index contributed by atoms with van der Waals surface area (Å²) in [5.74, 6) is -1.45. The summed E-state index contributed by atoms with van der Waals surface area (Å²) in [7, 11) is 3.01. The molecule has 1 aromatic carbocycles. The Morgan fingerprint density at radius 2 is 2.11 bits per heavy atom. The molecule has 0 aromatic heterocycles. The van der Waals surface area contributed by atoms with Crippen molar-refractivity contribution in [3.63, 3.8) is 0 Å². The quantitative estimate of drug-likeness (QED) is 0.525. The first-order chi connectivity index (χ1) is 12.9. The Hall–Kier alpha value is -2.32. The number of carbonyl (C=O) groups excluding carboxylic acids is 3. The molecule has 0 unspecified atom stereocenters. The Kier molecular flexibility index (Phi) is 7.44. The molecule has 2 amide bonds. The number of nitrogens with zero attached hydrogens (tertiary/aromatic N) is 1. The Morgan fingerprint density at radius 1 is 1.37 bits per heavy atom. The second kappa shape index (κ2) is 9.57. The molecule has 0 saturated carbocycles. The average molecular weight is 399 g/mol. The summed E-state index contributed by atoms with van der Waals surface area (Å²) in [6.45, 7) is 2.29. The Labute approximate surface area is 162 Å². The molecule has 0 spiro atoms. The average Bonchev–Trinajstić information content (AvgIpc) is 3.03. The summed E-state index contributed by atoms with van der Waals surface area (Å²) >= 11 is 6.02. The lowest BCUT2D eigenvalue weighted by molar-refractivity contribution is -0.158. The highest BCUT2D eigenvalue weighted by molar-refractivity contribution is 6.31. The number of hydrogen-bond donors (Lipinski definition) is 1. The van der Waals surface area contributed by atoms with Crippen LogP contribution in [0.15, 0.2) is 18.2 Å². The monoisotopic (exact) mass is 398 g/mol. The maximum absolute atomic E-state index is 12.4. The van der Waals surface area contributed by atoms with Crippen molar-refractivity contribution >= 4 is 35.1 Å². The van der Waals surface area contributed by atoms with E-state index in [0.29, 0.717) is 29.6 Å². The maximum Gasteiger partial charge on any atom is 0.312 e. The topological polar surface area (TPSA) is 94.2 Å². The zero-order chi connectivity index (χ0) is 20.0. The van der Waals surface area contributed by atoms with Gasteiger partial charge in [-0.05, 0) is 25.1 Å². The van der Waals surface area contributed by atoms with E-state index in [4.69, 9.17) is 25.8 Å². The molecule has 0 radical (unpaired) electrons. The van der Waals surface area contributed by atoms with Gasteiger partial charge in [0.05, 0.1) is 25.3 Å². The molecule has 1 aliphatic rings. The zero-order valence-electron chi connectivity index (χ0n) is 15.5. The third kappa shape index (κ3) is 5.33. The van der Waals surface area contributed by atoms with E-state index in [-0.39, 0.29) is 18.9 Å². The Morgan fingerprint density at radius 3 is 2.78 bits per heavy atom. The summed E-state index contributed by atoms with van der Waals surface area (Å²) < 4.78 is 15.3. The normalized spacial score (nSPS) is 17.6. The first-order valence-electron chi connectivity index (χ1n) is 8.48. The van der Waals surface area contributed by atoms with Crippen LogP contribution in [-0.2, 0) is 23.9 Å². The van der Waals surface area contributed by atoms with Gasteiger partial charge in [-0.15, -0.1) is 0 Å². The van der Waals surface area contributed by atoms with E-state index in [2.05, 4.69) is 5.32 Å². The number of methoxy groups -OCH3 is 2. The van der Waals surface area contributed by atoms with Gasteiger partial charge >= 0.3 is 5.97 Å². The van der Waals surface area contributed by atoms with Gasteiger partial charge in [-0.1, -0.05) is 11.6 Å². The number of rotatable bonds is 8. The first-order valence-corrected chi connectivity index (χ1v) is 8.86. The fraction of sp³-hybridized carbons (Fsp3) is 0.500. The zero-order valence-corrected chi connectivity index (χ0v) is 16.2. The van der Waals surface area contributed by atoms with Gasteiger partial charge in [0, 0.05) is 31.6 Å². The van der Waals surface area contributed by atoms with Gasteiger partial charge in [0.1, 0.15) is 5.75 Å². The largest absolute Gasteiger partial charge is 0.495 e. The van der Waals surface area contributed by atoms with Crippen LogP contribution < -0.4 is 15.0 Å². The smallest absolute Gasteiger partial charge is 0.312 e. The van der Waals surface area contributed by atoms with E-state index in [1.807, 2.05) is 0 Å². The highest BCUT2D eigenvalue weighted by atomic mass is 35.5. The van der Waals surface area contributed by atoms with Crippen molar-refractivity contribution < 1.29 is 28.6 Å². The molecule has 2 rings (SSSR count). The van der Waals surface area contributed by atoms with Crippen LogP contribution >= 0.6 is 11.6 Å². The Bertz CT molecular complexity index is 711. The van der Waals surface area contributed by atoms with E-state index in [1.54, 1.807) is 18.2 Å². The number of esters is 1. The summed E-state index contributed by atoms with van der Waals surface area (Å²) in [4.78, 5) is 38.1. The van der Waals surface area contributed by atoms with Crippen LogP contribution in [0.1, 0.15) is 13.3 Å². The van der Waals surface area contributed by atoms with Crippen LogP contribution in [0.4, 0.5) is 5.69 Å². The minimum atomic E-state index is -0.959. The third-order valence-electron chi connectivity index (χ3n) is 4.16. The minimum absolute atomic E-state index is 0.00743. The summed E-state index contributed by atoms with van der Waals surface area (Å²) in [5, 5.41) is 3.04. The van der Waals surface area contributed by atoms with Crippen molar-refractivity contribution in [2.75, 3.05) is 38.8 Å². The first kappa shape index (κ1) is 21.0. The van der Waals surface area contributed by atoms with Gasteiger partial charge < -0.3 is 24.4 Å². The molecule has 0 aliphatic carbocycles. The molecule has 1 aromatic rings. The second-order valence-corrected chi connectivity index (χ2v) is 6.52. The Balaban J connectivity index is 1.99. The fourth-order valence-electron chi connectivity index (χ4n) is 2.72. The third-order valence-corrected chi connectivity index (χ3v) is 4.39. The molecule has 9 heteroatoms. The van der Waals surface area contributed by atoms with E-state index in [9.17, 15) is 14.4 Å². The summed E-state index contributed by atoms with van der Waals surface area (Å²) in [6, 6.07) is 4.92. The van der Waals surface area contributed by atoms with Crippen molar-refractivity contribution in [1.29, 1.82) is 0 Å². The number of amides is 2. The van der Waals surface area contributed by atoms with Crippen molar-refractivity contribution in [3.8, 4) is 5.75 Å². The molecule has 1 heterocycles. The minimum Gasteiger partial charge on any atom is -0.495 e. The maximum atomic E-state index is 12.4. The van der Waals surface area contributed by atoms with E-state index < -0.39 is 23.9 Å². The number of halogens is 1. The number of ether oxygens (including phenoxy) is 3. The lowest BCUT2D eigenvalue weighted by atomic mass is 10.1. The standard InChI is InChI=1S/C18H23ClN2O6/c1-11(17(23)20-6-7-25-2)27-18(24)12-8-16(22)21(10-12)14-9-13(19)4-5-15(14)26-3/h4-5,9,11-12H,6-8,10H2,1-3H3,(H,20,23)/t11-,12+/m1/s1. The highest BCUT2D eigenvalue weighted by Gasteiger charge is 2.38. The molecule has 148 valence electrons. The molecular formula is C18H23ClN2O6. The predicted octanol–water partition coefficient (Wildman–Crippen LogP) is 1.40. The van der Waals surface area contributed by atoms with Crippen molar-refractivity contribution in [3.05, 3.63) is 23.2 Å². The van der Waals surface area contributed by atoms with Crippen molar-refractivity contribution in [1.82, 2.24) is 5.32 Å². The summed E-state index contributed by atoms with van der Waals surface area (Å²) in [5.41, 5.74) is 0.496. The molecule has 27 heavy (non-hydrogen) atoms. The number of nitrogens with one attached hydrogen (secondary N) is 1. The number of anilines is 1. The van der Waals surface area contributed by atoms with E-state index >= 15 is 0 Å². The number of benzene rings is 1. The highest BCUT2D eigenvalue weighted by Crippen LogP contribution is 2.35. The van der Waals surface area contributed by atoms with Crippen LogP contribution in [0.25, 0.3) is 0 Å². The summed E-state index contributed by atoms with van der Waals surface area (Å²) in [6.07, 6.45) is -0.966. The lowest BCUT2D eigenvalue weighted by Crippen LogP contribution is -2.38. The van der Waals surface area contributed by atoms with Crippen LogP contribution in [0.3, 0.4) is 0 Å². The van der Waals surface area contributed by atoms with Crippen LogP contribution in [-0.4, -0.2) is 57.8 Å². The molecule has 0 bridgehead atoms. The molecule has 1 saturated heterocycles. The number of carbonyl (C=O) groups is 3. The lowest BCUT2D eigenvalue weighted by Gasteiger charge is -2.20. The molecule has 2 atom stereocenters. The van der Waals surface area contributed by atoms with Crippen molar-refractivity contribution in [2.24, 2.45) is 5.92 Å². The van der Waals surface area contributed by atoms with Gasteiger partial charge in [-0.25, -0.2) is 0 Å². The molecule has 8 nitrogen and oxygen atoms in total. The van der Waals surface area contributed by atoms with E-state index in [0.717, 1.165) is 0 Å². The molecular weight excluding hydrogens is 376 g/mol. The molecule has 1 aliphatic heterocycles. The van der Waals surface area contributed by atoms with E-state index in [1.165, 1.54) is 26.0 Å². The second-order valence-electron chi connectivity index (χ2n) is 6.08. The SMILES string of the molecule is COCCNC(=O)[C@@H](C)OC(=O)[C@H]1CC(=O)N(c2cc(Cl)ccc2OC)C1. The molecule has 1 N–H and O–H groups in total. The molecule has 1 fully saturated rings. The fourth-order valence-corrected chi connectivity index (χ4v) is 2.88. The predicted molar refractivity (Wildman–Crippen MR) is 98.9 cm³/mol. The van der Waals surface area contributed by atoms with Gasteiger partial charge in [0.15, 0.2) is 6.10 Å². The van der Waals surface area contributed by atoms with Crippen LogP contribution in [0, 0.1) is 5.92 Å². The van der Waals surface area contributed by atoms with Gasteiger partial charge in [-0.2, -0.15) is 0 Å². The van der Waals surface area contributed by atoms with Crippen molar-refractivity contribution in [2.45, 2.75) is 19.4 Å².